The Morgan fingerprint density at radius 2 is 2.12 bits per heavy atom. The average molecular weight is 246 g/mol. The van der Waals surface area contributed by atoms with Crippen molar-refractivity contribution in [1.82, 2.24) is 5.43 Å². The van der Waals surface area contributed by atoms with Gasteiger partial charge in [-0.1, -0.05) is 37.3 Å². The number of hydrogen-bond donors (Lipinski definition) is 0. The second-order valence-corrected chi connectivity index (χ2v) is 4.54. The van der Waals surface area contributed by atoms with Gasteiger partial charge in [-0.25, -0.2) is 0 Å². The highest BCUT2D eigenvalue weighted by Gasteiger charge is 2.16. The SMILES string of the molecule is CCC1=N[N]C(=NC(=O)Cc2ccccc2)S1. The van der Waals surface area contributed by atoms with Crippen LogP contribution in [-0.2, 0) is 11.2 Å². The number of aliphatic imine (C=N–C) groups is 1. The molecule has 1 aliphatic rings. The van der Waals surface area contributed by atoms with E-state index < -0.39 is 0 Å². The van der Waals surface area contributed by atoms with Crippen molar-refractivity contribution in [2.45, 2.75) is 19.8 Å². The average Bonchev–Trinajstić information content (AvgIpc) is 2.78. The number of amides is 1. The van der Waals surface area contributed by atoms with Gasteiger partial charge in [-0.2, -0.15) is 4.99 Å². The van der Waals surface area contributed by atoms with E-state index in [1.54, 1.807) is 0 Å². The second kappa shape index (κ2) is 5.63. The molecule has 0 spiro atoms. The third-order valence-corrected chi connectivity index (χ3v) is 3.14. The highest BCUT2D eigenvalue weighted by Crippen LogP contribution is 2.16. The highest BCUT2D eigenvalue weighted by molar-refractivity contribution is 8.26. The van der Waals surface area contributed by atoms with E-state index in [4.69, 9.17) is 0 Å². The lowest BCUT2D eigenvalue weighted by Crippen LogP contribution is -2.06. The van der Waals surface area contributed by atoms with Gasteiger partial charge in [0.1, 0.15) is 5.04 Å². The fraction of sp³-hybridized carbons (Fsp3) is 0.250. The molecule has 1 amide bonds. The lowest BCUT2D eigenvalue weighted by Gasteiger charge is -1.96. The number of rotatable bonds is 3. The molecule has 1 radical (unpaired) electrons. The van der Waals surface area contributed by atoms with Crippen LogP contribution >= 0.6 is 11.8 Å². The zero-order chi connectivity index (χ0) is 12.1. The van der Waals surface area contributed by atoms with E-state index in [1.807, 2.05) is 37.3 Å². The maximum Gasteiger partial charge on any atom is 0.252 e. The molecule has 0 atom stereocenters. The molecule has 1 aromatic rings. The van der Waals surface area contributed by atoms with Crippen LogP contribution < -0.4 is 5.43 Å². The van der Waals surface area contributed by atoms with Gasteiger partial charge in [-0.15, -0.1) is 10.5 Å². The summed E-state index contributed by atoms with van der Waals surface area (Å²) in [6.07, 6.45) is 1.13. The Kier molecular flexibility index (Phi) is 3.93. The minimum atomic E-state index is -0.185. The fourth-order valence-electron chi connectivity index (χ4n) is 1.35. The second-order valence-electron chi connectivity index (χ2n) is 3.50. The van der Waals surface area contributed by atoms with Gasteiger partial charge >= 0.3 is 0 Å². The van der Waals surface area contributed by atoms with Gasteiger partial charge in [0.15, 0.2) is 0 Å². The van der Waals surface area contributed by atoms with Crippen molar-refractivity contribution in [3.63, 3.8) is 0 Å². The maximum absolute atomic E-state index is 11.7. The summed E-state index contributed by atoms with van der Waals surface area (Å²) in [6.45, 7) is 2.00. The van der Waals surface area contributed by atoms with Crippen LogP contribution in [0.1, 0.15) is 18.9 Å². The Morgan fingerprint density at radius 3 is 2.76 bits per heavy atom. The quantitative estimate of drug-likeness (QED) is 0.820. The van der Waals surface area contributed by atoms with E-state index >= 15 is 0 Å². The van der Waals surface area contributed by atoms with Gasteiger partial charge in [0.05, 0.1) is 6.42 Å². The topological polar surface area (TPSA) is 55.9 Å². The fourth-order valence-corrected chi connectivity index (χ4v) is 2.02. The van der Waals surface area contributed by atoms with E-state index in [1.165, 1.54) is 11.8 Å². The predicted octanol–water partition coefficient (Wildman–Crippen LogP) is 2.19. The normalized spacial score (nSPS) is 16.8. The number of hydrogen-bond acceptors (Lipinski definition) is 3. The van der Waals surface area contributed by atoms with Gasteiger partial charge < -0.3 is 0 Å². The summed E-state index contributed by atoms with van der Waals surface area (Å²) in [5.41, 5.74) is 4.81. The zero-order valence-electron chi connectivity index (χ0n) is 9.46. The van der Waals surface area contributed by atoms with Crippen LogP contribution in [0.5, 0.6) is 0 Å². The van der Waals surface area contributed by atoms with E-state index in [-0.39, 0.29) is 5.91 Å². The standard InChI is InChI=1S/C12H12N3OS/c1-2-11-14-15-12(17-11)13-10(16)8-9-6-4-3-5-7-9/h3-7H,2,8H2,1H3. The van der Waals surface area contributed by atoms with E-state index in [0.717, 1.165) is 17.0 Å². The monoisotopic (exact) mass is 246 g/mol. The Hall–Kier alpha value is -1.62. The van der Waals surface area contributed by atoms with Gasteiger partial charge in [0.2, 0.25) is 5.17 Å². The molecular weight excluding hydrogens is 234 g/mol. The van der Waals surface area contributed by atoms with Crippen molar-refractivity contribution in [2.24, 2.45) is 10.1 Å². The molecule has 0 N–H and O–H groups in total. The first kappa shape index (κ1) is 11.9. The van der Waals surface area contributed by atoms with Crippen LogP contribution in [0.3, 0.4) is 0 Å². The molecular formula is C12H12N3OS. The van der Waals surface area contributed by atoms with Crippen molar-refractivity contribution in [2.75, 3.05) is 0 Å². The molecule has 0 saturated heterocycles. The molecule has 1 heterocycles. The summed E-state index contributed by atoms with van der Waals surface area (Å²) in [5.74, 6) is -0.185. The van der Waals surface area contributed by atoms with Crippen molar-refractivity contribution in [1.29, 1.82) is 0 Å². The summed E-state index contributed by atoms with van der Waals surface area (Å²) in [7, 11) is 0. The first-order chi connectivity index (χ1) is 8.28. The molecule has 87 valence electrons. The van der Waals surface area contributed by atoms with Crippen LogP contribution in [0, 0.1) is 0 Å². The molecule has 1 aromatic carbocycles. The van der Waals surface area contributed by atoms with Gasteiger partial charge in [0.25, 0.3) is 5.91 Å². The van der Waals surface area contributed by atoms with Crippen LogP contribution in [0.25, 0.3) is 0 Å². The molecule has 17 heavy (non-hydrogen) atoms. The van der Waals surface area contributed by atoms with E-state index in [0.29, 0.717) is 11.6 Å². The molecule has 0 unspecified atom stereocenters. The molecule has 2 rings (SSSR count). The first-order valence-electron chi connectivity index (χ1n) is 5.39. The molecule has 5 heteroatoms. The van der Waals surface area contributed by atoms with E-state index in [2.05, 4.69) is 15.5 Å². The number of benzene rings is 1. The number of thioether (sulfide) groups is 1. The van der Waals surface area contributed by atoms with Crippen LogP contribution in [0.15, 0.2) is 40.4 Å². The van der Waals surface area contributed by atoms with Gasteiger partial charge in [-0.3, -0.25) is 4.79 Å². The summed E-state index contributed by atoms with van der Waals surface area (Å²) in [4.78, 5) is 15.6. The molecule has 1 aliphatic heterocycles. The molecule has 0 bridgehead atoms. The minimum absolute atomic E-state index is 0.185. The molecule has 4 nitrogen and oxygen atoms in total. The van der Waals surface area contributed by atoms with Crippen molar-refractivity contribution in [3.05, 3.63) is 35.9 Å². The molecule has 0 aromatic heterocycles. The lowest BCUT2D eigenvalue weighted by molar-refractivity contribution is -0.117. The largest absolute Gasteiger partial charge is 0.272 e. The van der Waals surface area contributed by atoms with Crippen LogP contribution in [-0.4, -0.2) is 16.1 Å². The van der Waals surface area contributed by atoms with Crippen molar-refractivity contribution < 1.29 is 4.79 Å². The Morgan fingerprint density at radius 1 is 1.35 bits per heavy atom. The predicted molar refractivity (Wildman–Crippen MR) is 70.0 cm³/mol. The third kappa shape index (κ3) is 3.42. The zero-order valence-corrected chi connectivity index (χ0v) is 10.3. The molecule has 0 fully saturated rings. The lowest BCUT2D eigenvalue weighted by atomic mass is 10.1. The number of nitrogens with zero attached hydrogens (tertiary/aromatic N) is 3. The Labute approximate surface area is 104 Å². The smallest absolute Gasteiger partial charge is 0.252 e. The van der Waals surface area contributed by atoms with Crippen molar-refractivity contribution in [3.8, 4) is 0 Å². The summed E-state index contributed by atoms with van der Waals surface area (Å²) in [6, 6.07) is 9.55. The van der Waals surface area contributed by atoms with Gasteiger partial charge in [-0.05, 0) is 23.7 Å². The number of amidine groups is 1. The number of carbonyl (C=O) groups is 1. The molecule has 0 saturated carbocycles. The summed E-state index contributed by atoms with van der Waals surface area (Å²) < 4.78 is 0. The Bertz CT molecular complexity index is 468. The highest BCUT2D eigenvalue weighted by atomic mass is 32.2. The van der Waals surface area contributed by atoms with Gasteiger partial charge in [0, 0.05) is 0 Å². The van der Waals surface area contributed by atoms with Crippen molar-refractivity contribution >= 4 is 27.9 Å². The Balaban J connectivity index is 1.93. The van der Waals surface area contributed by atoms with E-state index in [9.17, 15) is 4.79 Å². The van der Waals surface area contributed by atoms with Crippen LogP contribution in [0.2, 0.25) is 0 Å². The maximum atomic E-state index is 11.7. The summed E-state index contributed by atoms with van der Waals surface area (Å²) >= 11 is 1.36. The van der Waals surface area contributed by atoms with Crippen LogP contribution in [0.4, 0.5) is 0 Å². The first-order valence-corrected chi connectivity index (χ1v) is 6.20. The summed E-state index contributed by atoms with van der Waals surface area (Å²) in [5, 5.41) is 5.26. The minimum Gasteiger partial charge on any atom is -0.272 e. The third-order valence-electron chi connectivity index (χ3n) is 2.18. The molecule has 0 aliphatic carbocycles. The number of carbonyl (C=O) groups excluding carboxylic acids is 1.